The van der Waals surface area contributed by atoms with E-state index < -0.39 is 0 Å². The number of halogens is 1. The normalized spacial score (nSPS) is 11.0. The van der Waals surface area contributed by atoms with Crippen molar-refractivity contribution in [1.29, 1.82) is 0 Å². The first kappa shape index (κ1) is 11.5. The minimum atomic E-state index is 0.380. The molecule has 80 valence electrons. The number of nitrogens with zero attached hydrogens (tertiary/aromatic N) is 2. The average Bonchev–Trinajstić information content (AvgIpc) is 2.40. The van der Waals surface area contributed by atoms with Gasteiger partial charge < -0.3 is 10.5 Å². The van der Waals surface area contributed by atoms with Crippen LogP contribution in [0.2, 0.25) is 0 Å². The summed E-state index contributed by atoms with van der Waals surface area (Å²) in [5, 5.41) is 4.37. The second kappa shape index (κ2) is 4.79. The van der Waals surface area contributed by atoms with Gasteiger partial charge in [0, 0.05) is 13.6 Å². The molecule has 0 fully saturated rings. The van der Waals surface area contributed by atoms with Gasteiger partial charge in [0.05, 0.1) is 5.69 Å². The average molecular weight is 262 g/mol. The van der Waals surface area contributed by atoms with E-state index in [1.54, 1.807) is 4.68 Å². The minimum absolute atomic E-state index is 0.380. The third kappa shape index (κ3) is 2.27. The number of rotatable bonds is 4. The van der Waals surface area contributed by atoms with Crippen LogP contribution in [0.5, 0.6) is 5.88 Å². The molecule has 0 saturated heterocycles. The molecule has 0 atom stereocenters. The lowest BCUT2D eigenvalue weighted by atomic mass is 10.1. The van der Waals surface area contributed by atoms with Crippen LogP contribution < -0.4 is 10.5 Å². The van der Waals surface area contributed by atoms with Gasteiger partial charge in [0.2, 0.25) is 5.88 Å². The predicted molar refractivity (Wildman–Crippen MR) is 59.5 cm³/mol. The van der Waals surface area contributed by atoms with Crippen LogP contribution in [0.15, 0.2) is 4.47 Å². The molecule has 0 aliphatic carbocycles. The number of hydrogen-bond acceptors (Lipinski definition) is 3. The van der Waals surface area contributed by atoms with E-state index in [-0.39, 0.29) is 0 Å². The van der Waals surface area contributed by atoms with Crippen molar-refractivity contribution in [3.8, 4) is 5.88 Å². The molecule has 1 rings (SSSR count). The van der Waals surface area contributed by atoms with Crippen LogP contribution >= 0.6 is 15.9 Å². The Balaban J connectivity index is 2.93. The maximum Gasteiger partial charge on any atom is 0.226 e. The van der Waals surface area contributed by atoms with Gasteiger partial charge in [-0.25, -0.2) is 4.68 Å². The van der Waals surface area contributed by atoms with Crippen LogP contribution in [-0.2, 0) is 7.05 Å². The van der Waals surface area contributed by atoms with Crippen LogP contribution in [0, 0.1) is 0 Å². The molecule has 1 aromatic heterocycles. The summed E-state index contributed by atoms with van der Waals surface area (Å²) in [6.45, 7) is 5.21. The summed E-state index contributed by atoms with van der Waals surface area (Å²) in [5.41, 5.74) is 6.39. The summed E-state index contributed by atoms with van der Waals surface area (Å²) in [6, 6.07) is 0. The highest BCUT2D eigenvalue weighted by molar-refractivity contribution is 9.10. The van der Waals surface area contributed by atoms with Gasteiger partial charge in [-0.15, -0.1) is 0 Å². The van der Waals surface area contributed by atoms with E-state index in [1.165, 1.54) is 0 Å². The monoisotopic (exact) mass is 261 g/mol. The second-order valence-corrected chi connectivity index (χ2v) is 4.21. The quantitative estimate of drug-likeness (QED) is 0.897. The minimum Gasteiger partial charge on any atom is -0.476 e. The Bertz CT molecular complexity index is 309. The van der Waals surface area contributed by atoms with Crippen molar-refractivity contribution in [1.82, 2.24) is 9.78 Å². The van der Waals surface area contributed by atoms with Crippen molar-refractivity contribution in [3.05, 3.63) is 10.2 Å². The molecule has 2 N–H and O–H groups in total. The first-order valence-corrected chi connectivity index (χ1v) is 5.42. The Kier molecular flexibility index (Phi) is 3.95. The Morgan fingerprint density at radius 1 is 1.57 bits per heavy atom. The fourth-order valence-corrected chi connectivity index (χ4v) is 2.09. The summed E-state index contributed by atoms with van der Waals surface area (Å²) in [6.07, 6.45) is 0. The standard InChI is InChI=1S/C9H16BrN3O/c1-6(2)8-7(10)9(13(3)12-8)14-5-4-11/h6H,4-5,11H2,1-3H3. The van der Waals surface area contributed by atoms with E-state index in [0.717, 1.165) is 16.0 Å². The fraction of sp³-hybridized carbons (Fsp3) is 0.667. The molecule has 0 radical (unpaired) electrons. The molecule has 0 aromatic carbocycles. The maximum absolute atomic E-state index is 5.48. The van der Waals surface area contributed by atoms with Gasteiger partial charge in [0.1, 0.15) is 11.1 Å². The van der Waals surface area contributed by atoms with Crippen molar-refractivity contribution < 1.29 is 4.74 Å². The lowest BCUT2D eigenvalue weighted by Gasteiger charge is -2.04. The van der Waals surface area contributed by atoms with Crippen molar-refractivity contribution in [2.75, 3.05) is 13.2 Å². The van der Waals surface area contributed by atoms with Crippen LogP contribution in [-0.4, -0.2) is 22.9 Å². The highest BCUT2D eigenvalue weighted by Gasteiger charge is 2.16. The van der Waals surface area contributed by atoms with Gasteiger partial charge in [-0.3, -0.25) is 0 Å². The molecule has 1 heterocycles. The van der Waals surface area contributed by atoms with E-state index in [2.05, 4.69) is 34.9 Å². The van der Waals surface area contributed by atoms with Gasteiger partial charge in [-0.1, -0.05) is 13.8 Å². The van der Waals surface area contributed by atoms with Crippen molar-refractivity contribution in [3.63, 3.8) is 0 Å². The van der Waals surface area contributed by atoms with Gasteiger partial charge in [-0.05, 0) is 21.8 Å². The van der Waals surface area contributed by atoms with Gasteiger partial charge >= 0.3 is 0 Å². The number of ether oxygens (including phenoxy) is 1. The molecular formula is C9H16BrN3O. The number of aromatic nitrogens is 2. The zero-order chi connectivity index (χ0) is 10.7. The van der Waals surface area contributed by atoms with E-state index in [0.29, 0.717) is 19.1 Å². The molecule has 4 nitrogen and oxygen atoms in total. The molecule has 0 unspecified atom stereocenters. The van der Waals surface area contributed by atoms with Crippen LogP contribution in [0.1, 0.15) is 25.5 Å². The summed E-state index contributed by atoms with van der Waals surface area (Å²) in [7, 11) is 1.86. The lowest BCUT2D eigenvalue weighted by Crippen LogP contribution is -2.12. The second-order valence-electron chi connectivity index (χ2n) is 3.42. The van der Waals surface area contributed by atoms with Crippen molar-refractivity contribution in [2.24, 2.45) is 12.8 Å². The van der Waals surface area contributed by atoms with Gasteiger partial charge in [0.15, 0.2) is 0 Å². The number of nitrogens with two attached hydrogens (primary N) is 1. The molecule has 0 saturated carbocycles. The fourth-order valence-electron chi connectivity index (χ4n) is 1.18. The predicted octanol–water partition coefficient (Wildman–Crippen LogP) is 1.64. The van der Waals surface area contributed by atoms with Crippen LogP contribution in [0.4, 0.5) is 0 Å². The Labute approximate surface area is 92.5 Å². The maximum atomic E-state index is 5.48. The number of aryl methyl sites for hydroxylation is 1. The summed E-state index contributed by atoms with van der Waals surface area (Å²) in [4.78, 5) is 0. The largest absolute Gasteiger partial charge is 0.476 e. The van der Waals surface area contributed by atoms with Gasteiger partial charge in [-0.2, -0.15) is 5.10 Å². The molecule has 1 aromatic rings. The molecule has 0 aliphatic rings. The van der Waals surface area contributed by atoms with E-state index >= 15 is 0 Å². The molecule has 14 heavy (non-hydrogen) atoms. The summed E-state index contributed by atoms with van der Waals surface area (Å²) < 4.78 is 8.14. The summed E-state index contributed by atoms with van der Waals surface area (Å²) >= 11 is 3.48. The molecular weight excluding hydrogens is 246 g/mol. The SMILES string of the molecule is CC(C)c1nn(C)c(OCCN)c1Br. The first-order valence-electron chi connectivity index (χ1n) is 4.63. The van der Waals surface area contributed by atoms with Crippen molar-refractivity contribution >= 4 is 15.9 Å². The van der Waals surface area contributed by atoms with Crippen LogP contribution in [0.3, 0.4) is 0 Å². The third-order valence-corrected chi connectivity index (χ3v) is 2.61. The lowest BCUT2D eigenvalue weighted by molar-refractivity contribution is 0.297. The Morgan fingerprint density at radius 3 is 2.64 bits per heavy atom. The van der Waals surface area contributed by atoms with E-state index in [4.69, 9.17) is 10.5 Å². The van der Waals surface area contributed by atoms with Crippen molar-refractivity contribution in [2.45, 2.75) is 19.8 Å². The Hall–Kier alpha value is -0.550. The van der Waals surface area contributed by atoms with Gasteiger partial charge in [0.25, 0.3) is 0 Å². The molecule has 0 spiro atoms. The highest BCUT2D eigenvalue weighted by Crippen LogP contribution is 2.32. The Morgan fingerprint density at radius 2 is 2.21 bits per heavy atom. The highest BCUT2D eigenvalue weighted by atomic mass is 79.9. The third-order valence-electron chi connectivity index (χ3n) is 1.87. The molecule has 0 bridgehead atoms. The number of hydrogen-bond donors (Lipinski definition) is 1. The molecule has 0 amide bonds. The van der Waals surface area contributed by atoms with E-state index in [1.807, 2.05) is 7.05 Å². The smallest absolute Gasteiger partial charge is 0.226 e. The van der Waals surface area contributed by atoms with E-state index in [9.17, 15) is 0 Å². The van der Waals surface area contributed by atoms with Crippen LogP contribution in [0.25, 0.3) is 0 Å². The summed E-state index contributed by atoms with van der Waals surface area (Å²) in [5.74, 6) is 1.13. The first-order chi connectivity index (χ1) is 6.57. The molecule has 0 aliphatic heterocycles. The zero-order valence-corrected chi connectivity index (χ0v) is 10.3. The zero-order valence-electron chi connectivity index (χ0n) is 8.75. The topological polar surface area (TPSA) is 53.1 Å². The molecule has 5 heteroatoms.